The maximum absolute atomic E-state index is 14.9. The zero-order valence-corrected chi connectivity index (χ0v) is 19.5. The van der Waals surface area contributed by atoms with Gasteiger partial charge in [-0.2, -0.15) is 5.10 Å². The quantitative estimate of drug-likeness (QED) is 0.348. The molecule has 2 aromatic heterocycles. The van der Waals surface area contributed by atoms with E-state index < -0.39 is 23.2 Å². The van der Waals surface area contributed by atoms with Gasteiger partial charge >= 0.3 is 0 Å². The molecule has 0 aliphatic carbocycles. The summed E-state index contributed by atoms with van der Waals surface area (Å²) in [6.07, 6.45) is 4.49. The lowest BCUT2D eigenvalue weighted by molar-refractivity contribution is -0.0112. The van der Waals surface area contributed by atoms with Gasteiger partial charge in [-0.1, -0.05) is 72.8 Å². The molecule has 9 heteroatoms. The van der Waals surface area contributed by atoms with Crippen LogP contribution < -0.4 is 0 Å². The lowest BCUT2D eigenvalue weighted by Gasteiger charge is -2.35. The zero-order chi connectivity index (χ0) is 25.1. The number of aromatic nitrogens is 6. The molecule has 0 radical (unpaired) electrons. The van der Waals surface area contributed by atoms with E-state index in [2.05, 4.69) is 20.4 Å². The summed E-state index contributed by atoms with van der Waals surface area (Å²) >= 11 is 0. The Hall–Kier alpha value is -4.24. The fraction of sp³-hybridized carbons (Fsp3) is 0.185. The smallest absolute Gasteiger partial charge is 0.137 e. The van der Waals surface area contributed by atoms with E-state index in [-0.39, 0.29) is 12.1 Å². The standard InChI is InChI=1S/C27H24F2N6O/c1-19(27(36,16-34-18-30-17-32-34)24-12-11-23(28)13-25(24)29)21-7-9-22(10-8-21)26-14-31-33-35(26)15-20-5-3-2-4-6-20/h2-14,17-19,36H,15-16H2,1H3. The van der Waals surface area contributed by atoms with Crippen molar-refractivity contribution < 1.29 is 13.9 Å². The SMILES string of the molecule is CC(c1ccc(-c2cnnn2Cc2ccccc2)cc1)C(O)(Cn1cncn1)c1ccc(F)cc1F. The van der Waals surface area contributed by atoms with Crippen LogP contribution in [0.4, 0.5) is 8.78 Å². The van der Waals surface area contributed by atoms with E-state index in [1.807, 2.05) is 59.3 Å². The Morgan fingerprint density at radius 2 is 1.78 bits per heavy atom. The van der Waals surface area contributed by atoms with Gasteiger partial charge < -0.3 is 5.11 Å². The van der Waals surface area contributed by atoms with Crippen LogP contribution in [0.5, 0.6) is 0 Å². The van der Waals surface area contributed by atoms with Gasteiger partial charge in [-0.15, -0.1) is 5.10 Å². The molecule has 0 bridgehead atoms. The molecule has 36 heavy (non-hydrogen) atoms. The van der Waals surface area contributed by atoms with Crippen LogP contribution in [0, 0.1) is 11.6 Å². The minimum atomic E-state index is -1.72. The highest BCUT2D eigenvalue weighted by Gasteiger charge is 2.40. The molecule has 2 atom stereocenters. The first-order valence-electron chi connectivity index (χ1n) is 11.5. The van der Waals surface area contributed by atoms with Crippen molar-refractivity contribution >= 4 is 0 Å². The van der Waals surface area contributed by atoms with Gasteiger partial charge in [0, 0.05) is 23.1 Å². The summed E-state index contributed by atoms with van der Waals surface area (Å²) in [7, 11) is 0. The molecule has 5 aromatic rings. The van der Waals surface area contributed by atoms with Crippen LogP contribution in [-0.4, -0.2) is 34.9 Å². The van der Waals surface area contributed by atoms with Gasteiger partial charge in [0.2, 0.25) is 0 Å². The van der Waals surface area contributed by atoms with E-state index in [0.29, 0.717) is 6.54 Å². The molecule has 5 rings (SSSR count). The summed E-state index contributed by atoms with van der Waals surface area (Å²) in [5.74, 6) is -2.10. The van der Waals surface area contributed by atoms with Gasteiger partial charge in [0.05, 0.1) is 25.0 Å². The van der Waals surface area contributed by atoms with E-state index in [0.717, 1.165) is 34.5 Å². The predicted molar refractivity (Wildman–Crippen MR) is 130 cm³/mol. The van der Waals surface area contributed by atoms with Crippen molar-refractivity contribution in [3.05, 3.63) is 120 Å². The van der Waals surface area contributed by atoms with E-state index in [4.69, 9.17) is 0 Å². The summed E-state index contributed by atoms with van der Waals surface area (Å²) in [6, 6.07) is 20.8. The topological polar surface area (TPSA) is 81.6 Å². The summed E-state index contributed by atoms with van der Waals surface area (Å²) in [4.78, 5) is 3.92. The van der Waals surface area contributed by atoms with Crippen LogP contribution in [0.25, 0.3) is 11.3 Å². The Morgan fingerprint density at radius 3 is 2.47 bits per heavy atom. The highest BCUT2D eigenvalue weighted by molar-refractivity contribution is 5.59. The van der Waals surface area contributed by atoms with Crippen molar-refractivity contribution in [2.24, 2.45) is 0 Å². The van der Waals surface area contributed by atoms with Gasteiger partial charge in [0.15, 0.2) is 0 Å². The Morgan fingerprint density at radius 1 is 1.00 bits per heavy atom. The van der Waals surface area contributed by atoms with Gasteiger partial charge in [-0.25, -0.2) is 23.1 Å². The number of rotatable bonds is 8. The van der Waals surface area contributed by atoms with Crippen LogP contribution in [-0.2, 0) is 18.7 Å². The molecule has 2 unspecified atom stereocenters. The number of hydrogen-bond donors (Lipinski definition) is 1. The Bertz CT molecular complexity index is 1440. The number of nitrogens with zero attached hydrogens (tertiary/aromatic N) is 6. The molecule has 0 amide bonds. The van der Waals surface area contributed by atoms with Gasteiger partial charge in [-0.3, -0.25) is 0 Å². The molecule has 0 saturated carbocycles. The Kier molecular flexibility index (Phi) is 6.39. The summed E-state index contributed by atoms with van der Waals surface area (Å²) in [6.45, 7) is 2.32. The van der Waals surface area contributed by atoms with Crippen LogP contribution in [0.15, 0.2) is 91.6 Å². The second-order valence-electron chi connectivity index (χ2n) is 8.75. The van der Waals surface area contributed by atoms with Crippen LogP contribution in [0.2, 0.25) is 0 Å². The molecule has 0 aliphatic heterocycles. The van der Waals surface area contributed by atoms with Crippen LogP contribution in [0.1, 0.15) is 29.5 Å². The highest BCUT2D eigenvalue weighted by atomic mass is 19.1. The van der Waals surface area contributed by atoms with Crippen molar-refractivity contribution in [3.63, 3.8) is 0 Å². The molecule has 0 fully saturated rings. The number of aliphatic hydroxyl groups is 1. The van der Waals surface area contributed by atoms with E-state index >= 15 is 0 Å². The van der Waals surface area contributed by atoms with Crippen molar-refractivity contribution in [1.82, 2.24) is 29.8 Å². The Balaban J connectivity index is 1.46. The molecular formula is C27H24F2N6O. The van der Waals surface area contributed by atoms with E-state index in [1.165, 1.54) is 23.4 Å². The number of hydrogen-bond acceptors (Lipinski definition) is 5. The van der Waals surface area contributed by atoms with Crippen molar-refractivity contribution in [2.75, 3.05) is 0 Å². The lowest BCUT2D eigenvalue weighted by atomic mass is 9.77. The van der Waals surface area contributed by atoms with Crippen LogP contribution in [0.3, 0.4) is 0 Å². The summed E-state index contributed by atoms with van der Waals surface area (Å²) < 4.78 is 31.7. The second-order valence-corrected chi connectivity index (χ2v) is 8.75. The molecule has 0 spiro atoms. The zero-order valence-electron chi connectivity index (χ0n) is 19.5. The highest BCUT2D eigenvalue weighted by Crippen LogP contribution is 2.40. The third-order valence-corrected chi connectivity index (χ3v) is 6.48. The average Bonchev–Trinajstić information content (AvgIpc) is 3.56. The van der Waals surface area contributed by atoms with Gasteiger partial charge in [0.1, 0.15) is 29.9 Å². The summed E-state index contributed by atoms with van der Waals surface area (Å²) in [5, 5.41) is 24.2. The first kappa shape index (κ1) is 23.5. The van der Waals surface area contributed by atoms with E-state index in [9.17, 15) is 13.9 Å². The molecule has 2 heterocycles. The summed E-state index contributed by atoms with van der Waals surface area (Å²) in [5.41, 5.74) is 1.89. The molecule has 0 saturated heterocycles. The van der Waals surface area contributed by atoms with Crippen molar-refractivity contribution in [1.29, 1.82) is 0 Å². The third kappa shape index (κ3) is 4.65. The van der Waals surface area contributed by atoms with Gasteiger partial charge in [-0.05, 0) is 17.2 Å². The monoisotopic (exact) mass is 486 g/mol. The van der Waals surface area contributed by atoms with E-state index in [1.54, 1.807) is 13.1 Å². The fourth-order valence-corrected chi connectivity index (χ4v) is 4.43. The molecule has 3 aromatic carbocycles. The Labute approximate surface area is 206 Å². The second kappa shape index (κ2) is 9.79. The molecule has 7 nitrogen and oxygen atoms in total. The first-order chi connectivity index (χ1) is 17.4. The maximum atomic E-state index is 14.9. The molecule has 182 valence electrons. The normalized spacial score (nSPS) is 13.9. The fourth-order valence-electron chi connectivity index (χ4n) is 4.43. The molecule has 0 aliphatic rings. The van der Waals surface area contributed by atoms with Crippen molar-refractivity contribution in [2.45, 2.75) is 31.5 Å². The predicted octanol–water partition coefficient (Wildman–Crippen LogP) is 4.55. The largest absolute Gasteiger partial charge is 0.382 e. The number of benzene rings is 3. The molecule has 1 N–H and O–H groups in total. The lowest BCUT2D eigenvalue weighted by Crippen LogP contribution is -2.38. The average molecular weight is 487 g/mol. The van der Waals surface area contributed by atoms with Crippen LogP contribution >= 0.6 is 0 Å². The maximum Gasteiger partial charge on any atom is 0.137 e. The molecular weight excluding hydrogens is 462 g/mol. The first-order valence-corrected chi connectivity index (χ1v) is 11.5. The van der Waals surface area contributed by atoms with Gasteiger partial charge in [0.25, 0.3) is 0 Å². The minimum Gasteiger partial charge on any atom is -0.382 e. The third-order valence-electron chi connectivity index (χ3n) is 6.48. The number of halogens is 2. The van der Waals surface area contributed by atoms with Crippen molar-refractivity contribution in [3.8, 4) is 11.3 Å². The minimum absolute atomic E-state index is 0.0129.